The van der Waals surface area contributed by atoms with E-state index in [1.807, 2.05) is 30.5 Å². The number of piperidine rings is 1. The summed E-state index contributed by atoms with van der Waals surface area (Å²) in [6, 6.07) is 8.88. The first kappa shape index (κ1) is 18.6. The average molecular weight is 362 g/mol. The topological polar surface area (TPSA) is 44.4 Å². The van der Waals surface area contributed by atoms with Crippen LogP contribution in [0.4, 0.5) is 10.5 Å². The minimum Gasteiger partial charge on any atom is -0.334 e. The van der Waals surface area contributed by atoms with Crippen molar-refractivity contribution in [3.63, 3.8) is 0 Å². The molecule has 1 aromatic rings. The van der Waals surface area contributed by atoms with Gasteiger partial charge in [0.25, 0.3) is 0 Å². The third-order valence-corrected chi connectivity index (χ3v) is 6.28. The van der Waals surface area contributed by atoms with Crippen molar-refractivity contribution in [3.8, 4) is 0 Å². The first-order valence-corrected chi connectivity index (χ1v) is 10.9. The van der Waals surface area contributed by atoms with E-state index in [4.69, 9.17) is 0 Å². The third-order valence-electron chi connectivity index (χ3n) is 5.48. The Hall–Kier alpha value is -1.20. The lowest BCUT2D eigenvalue weighted by atomic mass is 10.00. The molecular formula is C20H31N3OS. The first-order chi connectivity index (χ1) is 12.3. The summed E-state index contributed by atoms with van der Waals surface area (Å²) in [4.78, 5) is 16.2. The SMILES string of the molecule is CSc1ccccc1NC(=O)N[C@H]1CCCN(C2CCCCCC2)C1. The molecule has 0 bridgehead atoms. The first-order valence-electron chi connectivity index (χ1n) is 9.71. The molecule has 2 amide bonds. The zero-order valence-corrected chi connectivity index (χ0v) is 16.1. The molecule has 0 spiro atoms. The second kappa shape index (κ2) is 9.48. The van der Waals surface area contributed by atoms with Crippen molar-refractivity contribution in [1.82, 2.24) is 10.2 Å². The van der Waals surface area contributed by atoms with Crippen molar-refractivity contribution in [3.05, 3.63) is 24.3 Å². The minimum atomic E-state index is -0.0748. The summed E-state index contributed by atoms with van der Waals surface area (Å²) < 4.78 is 0. The van der Waals surface area contributed by atoms with E-state index in [2.05, 4.69) is 15.5 Å². The lowest BCUT2D eigenvalue weighted by Crippen LogP contribution is -2.51. The van der Waals surface area contributed by atoms with Gasteiger partial charge < -0.3 is 10.6 Å². The fraction of sp³-hybridized carbons (Fsp3) is 0.650. The standard InChI is InChI=1S/C20H31N3OS/c1-25-19-13-7-6-12-18(19)22-20(24)21-16-9-8-14-23(15-16)17-10-4-2-3-5-11-17/h6-7,12-13,16-17H,2-5,8-11,14-15H2,1H3,(H2,21,22,24)/t16-/m0/s1. The Balaban J connectivity index is 1.52. The Bertz CT molecular complexity index is 558. The van der Waals surface area contributed by atoms with E-state index in [0.29, 0.717) is 0 Å². The number of hydrogen-bond acceptors (Lipinski definition) is 3. The van der Waals surface area contributed by atoms with Gasteiger partial charge in [0.05, 0.1) is 5.69 Å². The fourth-order valence-corrected chi connectivity index (χ4v) is 4.72. The highest BCUT2D eigenvalue weighted by atomic mass is 32.2. The predicted molar refractivity (Wildman–Crippen MR) is 106 cm³/mol. The molecule has 25 heavy (non-hydrogen) atoms. The second-order valence-corrected chi connectivity index (χ2v) is 8.13. The molecule has 4 nitrogen and oxygen atoms in total. The van der Waals surface area contributed by atoms with Crippen molar-refractivity contribution in [1.29, 1.82) is 0 Å². The summed E-state index contributed by atoms with van der Waals surface area (Å²) >= 11 is 1.65. The Morgan fingerprint density at radius 1 is 1.08 bits per heavy atom. The van der Waals surface area contributed by atoms with E-state index < -0.39 is 0 Å². The number of benzene rings is 1. The molecule has 5 heteroatoms. The van der Waals surface area contributed by atoms with Crippen molar-refractivity contribution in [2.24, 2.45) is 0 Å². The third kappa shape index (κ3) is 5.38. The van der Waals surface area contributed by atoms with Gasteiger partial charge in [-0.3, -0.25) is 4.90 Å². The van der Waals surface area contributed by atoms with E-state index in [0.717, 1.165) is 29.6 Å². The molecule has 2 aliphatic rings. The molecule has 1 aromatic carbocycles. The molecule has 1 saturated heterocycles. The number of rotatable bonds is 4. The molecule has 1 aliphatic carbocycles. The highest BCUT2D eigenvalue weighted by Gasteiger charge is 2.27. The fourth-order valence-electron chi connectivity index (χ4n) is 4.17. The molecule has 2 N–H and O–H groups in total. The van der Waals surface area contributed by atoms with Crippen LogP contribution in [0.25, 0.3) is 0 Å². The monoisotopic (exact) mass is 361 g/mol. The van der Waals surface area contributed by atoms with Gasteiger partial charge in [-0.1, -0.05) is 37.8 Å². The number of carbonyl (C=O) groups is 1. The lowest BCUT2D eigenvalue weighted by molar-refractivity contribution is 0.128. The molecule has 0 unspecified atom stereocenters. The Morgan fingerprint density at radius 2 is 1.84 bits per heavy atom. The maximum atomic E-state index is 12.4. The van der Waals surface area contributed by atoms with Crippen molar-refractivity contribution >= 4 is 23.5 Å². The van der Waals surface area contributed by atoms with Crippen LogP contribution in [-0.2, 0) is 0 Å². The van der Waals surface area contributed by atoms with Crippen LogP contribution in [0.15, 0.2) is 29.2 Å². The maximum Gasteiger partial charge on any atom is 0.319 e. The summed E-state index contributed by atoms with van der Waals surface area (Å²) in [6.45, 7) is 2.20. The van der Waals surface area contributed by atoms with Crippen LogP contribution in [0.5, 0.6) is 0 Å². The lowest BCUT2D eigenvalue weighted by Gasteiger charge is -2.38. The number of nitrogens with one attached hydrogen (secondary N) is 2. The van der Waals surface area contributed by atoms with Crippen LogP contribution in [0.1, 0.15) is 51.4 Å². The van der Waals surface area contributed by atoms with Crippen molar-refractivity contribution in [2.45, 2.75) is 68.3 Å². The Kier molecular flexibility index (Phi) is 7.05. The predicted octanol–water partition coefficient (Wildman–Crippen LogP) is 4.72. The maximum absolute atomic E-state index is 12.4. The van der Waals surface area contributed by atoms with E-state index in [-0.39, 0.29) is 12.1 Å². The molecule has 0 radical (unpaired) electrons. The summed E-state index contributed by atoms with van der Waals surface area (Å²) in [7, 11) is 0. The molecule has 1 heterocycles. The van der Waals surface area contributed by atoms with Gasteiger partial charge in [-0.05, 0) is 50.6 Å². The van der Waals surface area contributed by atoms with Crippen LogP contribution in [0.3, 0.4) is 0 Å². The number of para-hydroxylation sites is 1. The van der Waals surface area contributed by atoms with Gasteiger partial charge in [0.2, 0.25) is 0 Å². The highest BCUT2D eigenvalue weighted by molar-refractivity contribution is 7.98. The number of nitrogens with zero attached hydrogens (tertiary/aromatic N) is 1. The number of likely N-dealkylation sites (tertiary alicyclic amines) is 1. The zero-order chi connectivity index (χ0) is 17.5. The van der Waals surface area contributed by atoms with Gasteiger partial charge in [-0.2, -0.15) is 0 Å². The Morgan fingerprint density at radius 3 is 2.60 bits per heavy atom. The summed E-state index contributed by atoms with van der Waals surface area (Å²) in [6.07, 6.45) is 12.5. The molecule has 2 fully saturated rings. The van der Waals surface area contributed by atoms with Crippen LogP contribution in [-0.4, -0.2) is 42.4 Å². The number of amides is 2. The molecule has 0 aromatic heterocycles. The summed E-state index contributed by atoms with van der Waals surface area (Å²) in [5.41, 5.74) is 0.893. The number of anilines is 1. The molecule has 1 aliphatic heterocycles. The zero-order valence-electron chi connectivity index (χ0n) is 15.3. The number of hydrogen-bond donors (Lipinski definition) is 2. The molecule has 138 valence electrons. The van der Waals surface area contributed by atoms with Crippen LogP contribution in [0, 0.1) is 0 Å². The van der Waals surface area contributed by atoms with Crippen molar-refractivity contribution < 1.29 is 4.79 Å². The highest BCUT2D eigenvalue weighted by Crippen LogP contribution is 2.26. The average Bonchev–Trinajstić information content (AvgIpc) is 2.92. The quantitative estimate of drug-likeness (QED) is 0.602. The van der Waals surface area contributed by atoms with E-state index >= 15 is 0 Å². The number of carbonyl (C=O) groups excluding carboxylic acids is 1. The minimum absolute atomic E-state index is 0.0748. The van der Waals surface area contributed by atoms with Crippen LogP contribution < -0.4 is 10.6 Å². The van der Waals surface area contributed by atoms with E-state index in [1.54, 1.807) is 11.8 Å². The number of thioether (sulfide) groups is 1. The van der Waals surface area contributed by atoms with Crippen LogP contribution in [0.2, 0.25) is 0 Å². The van der Waals surface area contributed by atoms with Gasteiger partial charge in [0.15, 0.2) is 0 Å². The summed E-state index contributed by atoms with van der Waals surface area (Å²) in [5, 5.41) is 6.23. The van der Waals surface area contributed by atoms with E-state index in [1.165, 1.54) is 51.5 Å². The van der Waals surface area contributed by atoms with Gasteiger partial charge in [0, 0.05) is 23.5 Å². The molecule has 3 rings (SSSR count). The molecule has 1 atom stereocenters. The van der Waals surface area contributed by atoms with E-state index in [9.17, 15) is 4.79 Å². The smallest absolute Gasteiger partial charge is 0.319 e. The van der Waals surface area contributed by atoms with Crippen molar-refractivity contribution in [2.75, 3.05) is 24.7 Å². The normalized spacial score (nSPS) is 23.0. The van der Waals surface area contributed by atoms with Crippen LogP contribution >= 0.6 is 11.8 Å². The van der Waals surface area contributed by atoms with Gasteiger partial charge in [-0.15, -0.1) is 11.8 Å². The Labute approximate surface area is 156 Å². The van der Waals surface area contributed by atoms with Gasteiger partial charge >= 0.3 is 6.03 Å². The second-order valence-electron chi connectivity index (χ2n) is 7.28. The van der Waals surface area contributed by atoms with Gasteiger partial charge in [0.1, 0.15) is 0 Å². The molecular weight excluding hydrogens is 330 g/mol. The van der Waals surface area contributed by atoms with Gasteiger partial charge in [-0.25, -0.2) is 4.79 Å². The number of urea groups is 1. The largest absolute Gasteiger partial charge is 0.334 e. The summed E-state index contributed by atoms with van der Waals surface area (Å²) in [5.74, 6) is 0. The molecule has 1 saturated carbocycles.